The summed E-state index contributed by atoms with van der Waals surface area (Å²) < 4.78 is 5.58. The SMILES string of the molecule is CC(C)(CO)NCc1cccc(OCCCC#N)c1. The summed E-state index contributed by atoms with van der Waals surface area (Å²) in [5.41, 5.74) is 0.822. The van der Waals surface area contributed by atoms with Crippen LogP contribution in [0.1, 0.15) is 32.3 Å². The summed E-state index contributed by atoms with van der Waals surface area (Å²) >= 11 is 0. The number of benzene rings is 1. The first-order chi connectivity index (χ1) is 9.07. The fourth-order valence-electron chi connectivity index (χ4n) is 1.48. The van der Waals surface area contributed by atoms with Crippen molar-refractivity contribution in [2.24, 2.45) is 0 Å². The Hall–Kier alpha value is -1.57. The average Bonchev–Trinajstić information content (AvgIpc) is 2.42. The Bertz CT molecular complexity index is 424. The molecule has 0 radical (unpaired) electrons. The molecule has 0 atom stereocenters. The second kappa shape index (κ2) is 7.78. The van der Waals surface area contributed by atoms with Gasteiger partial charge < -0.3 is 15.2 Å². The second-order valence-electron chi connectivity index (χ2n) is 5.15. The van der Waals surface area contributed by atoms with E-state index in [1.807, 2.05) is 38.1 Å². The van der Waals surface area contributed by atoms with Crippen LogP contribution in [0.3, 0.4) is 0 Å². The predicted molar refractivity (Wildman–Crippen MR) is 74.8 cm³/mol. The molecule has 0 bridgehead atoms. The molecule has 0 aliphatic heterocycles. The topological polar surface area (TPSA) is 65.3 Å². The van der Waals surface area contributed by atoms with Crippen LogP contribution in [0.15, 0.2) is 24.3 Å². The van der Waals surface area contributed by atoms with Crippen molar-refractivity contribution in [3.63, 3.8) is 0 Å². The van der Waals surface area contributed by atoms with Gasteiger partial charge in [-0.1, -0.05) is 12.1 Å². The Morgan fingerprint density at radius 3 is 2.89 bits per heavy atom. The lowest BCUT2D eigenvalue weighted by molar-refractivity contribution is 0.187. The summed E-state index contributed by atoms with van der Waals surface area (Å²) in [6.45, 7) is 5.25. The Morgan fingerprint density at radius 2 is 2.21 bits per heavy atom. The summed E-state index contributed by atoms with van der Waals surface area (Å²) in [7, 11) is 0. The first kappa shape index (κ1) is 15.5. The van der Waals surface area contributed by atoms with Crippen LogP contribution < -0.4 is 10.1 Å². The van der Waals surface area contributed by atoms with Gasteiger partial charge in [-0.2, -0.15) is 5.26 Å². The lowest BCUT2D eigenvalue weighted by Gasteiger charge is -2.23. The minimum Gasteiger partial charge on any atom is -0.494 e. The summed E-state index contributed by atoms with van der Waals surface area (Å²) in [6, 6.07) is 9.95. The summed E-state index contributed by atoms with van der Waals surface area (Å²) in [4.78, 5) is 0. The van der Waals surface area contributed by atoms with Crippen molar-refractivity contribution in [3.8, 4) is 11.8 Å². The molecule has 0 fully saturated rings. The largest absolute Gasteiger partial charge is 0.494 e. The predicted octanol–water partition coefficient (Wildman–Crippen LogP) is 2.23. The van der Waals surface area contributed by atoms with Crippen molar-refractivity contribution in [2.75, 3.05) is 13.2 Å². The molecule has 4 nitrogen and oxygen atoms in total. The summed E-state index contributed by atoms with van der Waals surface area (Å²) in [5, 5.41) is 20.9. The van der Waals surface area contributed by atoms with E-state index < -0.39 is 0 Å². The Kier molecular flexibility index (Phi) is 6.34. The van der Waals surface area contributed by atoms with Crippen LogP contribution in [0, 0.1) is 11.3 Å². The van der Waals surface area contributed by atoms with Crippen LogP contribution in [-0.2, 0) is 6.54 Å². The number of hydrogen-bond donors (Lipinski definition) is 2. The Balaban J connectivity index is 2.46. The number of ether oxygens (including phenoxy) is 1. The number of aliphatic hydroxyl groups excluding tert-OH is 1. The number of nitriles is 1. The molecule has 0 spiro atoms. The van der Waals surface area contributed by atoms with E-state index in [1.54, 1.807) is 0 Å². The molecule has 0 saturated heterocycles. The number of unbranched alkanes of at least 4 members (excludes halogenated alkanes) is 1. The van der Waals surface area contributed by atoms with Crippen LogP contribution in [0.2, 0.25) is 0 Å². The van der Waals surface area contributed by atoms with Gasteiger partial charge in [-0.3, -0.25) is 0 Å². The quantitative estimate of drug-likeness (QED) is 0.705. The summed E-state index contributed by atoms with van der Waals surface area (Å²) in [6.07, 6.45) is 1.27. The van der Waals surface area contributed by atoms with E-state index in [2.05, 4.69) is 11.4 Å². The molecule has 0 amide bonds. The van der Waals surface area contributed by atoms with Gasteiger partial charge in [0, 0.05) is 18.5 Å². The van der Waals surface area contributed by atoms with Gasteiger partial charge in [0.1, 0.15) is 5.75 Å². The number of nitrogens with zero attached hydrogens (tertiary/aromatic N) is 1. The molecule has 0 saturated carbocycles. The highest BCUT2D eigenvalue weighted by Gasteiger charge is 2.14. The van der Waals surface area contributed by atoms with Gasteiger partial charge in [-0.25, -0.2) is 0 Å². The van der Waals surface area contributed by atoms with E-state index in [0.717, 1.165) is 17.7 Å². The maximum atomic E-state index is 9.18. The molecule has 1 aromatic rings. The zero-order valence-corrected chi connectivity index (χ0v) is 11.6. The molecular weight excluding hydrogens is 240 g/mol. The number of aliphatic hydroxyl groups is 1. The third-order valence-corrected chi connectivity index (χ3v) is 2.77. The molecule has 104 valence electrons. The van der Waals surface area contributed by atoms with Crippen LogP contribution in [0.5, 0.6) is 5.75 Å². The molecule has 4 heteroatoms. The van der Waals surface area contributed by atoms with Crippen molar-refractivity contribution >= 4 is 0 Å². The Morgan fingerprint density at radius 1 is 1.42 bits per heavy atom. The fourth-order valence-corrected chi connectivity index (χ4v) is 1.48. The molecule has 1 rings (SSSR count). The van der Waals surface area contributed by atoms with Crippen LogP contribution in [0.4, 0.5) is 0 Å². The van der Waals surface area contributed by atoms with E-state index in [1.165, 1.54) is 0 Å². The number of rotatable bonds is 8. The zero-order valence-electron chi connectivity index (χ0n) is 11.6. The monoisotopic (exact) mass is 262 g/mol. The minimum atomic E-state index is -0.288. The third-order valence-electron chi connectivity index (χ3n) is 2.77. The smallest absolute Gasteiger partial charge is 0.119 e. The van der Waals surface area contributed by atoms with E-state index in [9.17, 15) is 5.11 Å². The molecule has 1 aromatic carbocycles. The number of nitrogens with one attached hydrogen (secondary N) is 1. The molecule has 2 N–H and O–H groups in total. The van der Waals surface area contributed by atoms with Gasteiger partial charge in [0.05, 0.1) is 19.3 Å². The second-order valence-corrected chi connectivity index (χ2v) is 5.15. The van der Waals surface area contributed by atoms with E-state index in [4.69, 9.17) is 10.00 Å². The van der Waals surface area contributed by atoms with Crippen molar-refractivity contribution in [1.29, 1.82) is 5.26 Å². The van der Waals surface area contributed by atoms with Gasteiger partial charge in [0.2, 0.25) is 0 Å². The fraction of sp³-hybridized carbons (Fsp3) is 0.533. The van der Waals surface area contributed by atoms with E-state index >= 15 is 0 Å². The zero-order chi connectivity index (χ0) is 14.1. The standard InChI is InChI=1S/C15H22N2O2/c1-15(2,12-18)17-11-13-6-5-7-14(10-13)19-9-4-3-8-16/h5-7,10,17-18H,3-4,9,11-12H2,1-2H3. The van der Waals surface area contributed by atoms with Gasteiger partial charge in [-0.05, 0) is 38.0 Å². The van der Waals surface area contributed by atoms with E-state index in [0.29, 0.717) is 19.6 Å². The molecule has 0 aliphatic carbocycles. The number of hydrogen-bond acceptors (Lipinski definition) is 4. The minimum absolute atomic E-state index is 0.0946. The average molecular weight is 262 g/mol. The molecular formula is C15H22N2O2. The van der Waals surface area contributed by atoms with Crippen LogP contribution >= 0.6 is 0 Å². The van der Waals surface area contributed by atoms with Crippen molar-refractivity contribution in [3.05, 3.63) is 29.8 Å². The molecule has 0 unspecified atom stereocenters. The summed E-state index contributed by atoms with van der Waals surface area (Å²) in [5.74, 6) is 0.819. The highest BCUT2D eigenvalue weighted by atomic mass is 16.5. The molecule has 0 aliphatic rings. The van der Waals surface area contributed by atoms with Gasteiger partial charge in [0.15, 0.2) is 0 Å². The van der Waals surface area contributed by atoms with Crippen molar-refractivity contribution in [2.45, 2.75) is 38.8 Å². The van der Waals surface area contributed by atoms with E-state index in [-0.39, 0.29) is 12.1 Å². The highest BCUT2D eigenvalue weighted by Crippen LogP contribution is 2.14. The van der Waals surface area contributed by atoms with Crippen LogP contribution in [0.25, 0.3) is 0 Å². The van der Waals surface area contributed by atoms with Crippen LogP contribution in [-0.4, -0.2) is 23.9 Å². The Labute approximate surface area is 115 Å². The molecule has 19 heavy (non-hydrogen) atoms. The maximum absolute atomic E-state index is 9.18. The first-order valence-corrected chi connectivity index (χ1v) is 6.52. The molecule has 0 heterocycles. The van der Waals surface area contributed by atoms with Gasteiger partial charge >= 0.3 is 0 Å². The lowest BCUT2D eigenvalue weighted by Crippen LogP contribution is -2.42. The first-order valence-electron chi connectivity index (χ1n) is 6.52. The molecule has 0 aromatic heterocycles. The van der Waals surface area contributed by atoms with Crippen molar-refractivity contribution in [1.82, 2.24) is 5.32 Å². The maximum Gasteiger partial charge on any atom is 0.119 e. The lowest BCUT2D eigenvalue weighted by atomic mass is 10.1. The van der Waals surface area contributed by atoms with Gasteiger partial charge in [-0.15, -0.1) is 0 Å². The normalized spacial score (nSPS) is 11.1. The van der Waals surface area contributed by atoms with Crippen molar-refractivity contribution < 1.29 is 9.84 Å². The highest BCUT2D eigenvalue weighted by molar-refractivity contribution is 5.28. The third kappa shape index (κ3) is 6.23. The van der Waals surface area contributed by atoms with Gasteiger partial charge in [0.25, 0.3) is 0 Å².